The number of hydrogen-bond acceptors (Lipinski definition) is 3. The summed E-state index contributed by atoms with van der Waals surface area (Å²) in [5, 5.41) is 4.92. The molecule has 0 radical (unpaired) electrons. The van der Waals surface area contributed by atoms with Crippen LogP contribution in [0.5, 0.6) is 0 Å². The Hall–Kier alpha value is -0.580. The second-order valence-corrected chi connectivity index (χ2v) is 5.75. The summed E-state index contributed by atoms with van der Waals surface area (Å²) in [6.07, 6.45) is 8.04. The summed E-state index contributed by atoms with van der Waals surface area (Å²) in [5.74, 6) is 7.15. The molecule has 1 aromatic heterocycles. The zero-order valence-corrected chi connectivity index (χ0v) is 12.0. The molecule has 2 rings (SSSR count). The lowest BCUT2D eigenvalue weighted by Crippen LogP contribution is -2.37. The molecule has 3 unspecified atom stereocenters. The summed E-state index contributed by atoms with van der Waals surface area (Å²) in [4.78, 5) is 0. The highest BCUT2D eigenvalue weighted by molar-refractivity contribution is 6.31. The van der Waals surface area contributed by atoms with Crippen LogP contribution < -0.4 is 11.3 Å². The average molecular weight is 271 g/mol. The van der Waals surface area contributed by atoms with Crippen molar-refractivity contribution in [3.05, 3.63) is 16.9 Å². The standard InChI is InChI=1S/C13H23ClN4/c1-3-9-5-4-6-10(7-9)12(17-15)13-11(14)8-16-18(13)2/h8-10,12,17H,3-7,15H2,1-2H3. The summed E-state index contributed by atoms with van der Waals surface area (Å²) in [5.41, 5.74) is 3.97. The van der Waals surface area contributed by atoms with E-state index in [4.69, 9.17) is 17.4 Å². The van der Waals surface area contributed by atoms with E-state index >= 15 is 0 Å². The van der Waals surface area contributed by atoms with Crippen LogP contribution in [-0.4, -0.2) is 9.78 Å². The van der Waals surface area contributed by atoms with E-state index in [0.29, 0.717) is 10.9 Å². The molecule has 5 heteroatoms. The minimum atomic E-state index is 0.111. The molecule has 0 spiro atoms. The Morgan fingerprint density at radius 2 is 2.39 bits per heavy atom. The van der Waals surface area contributed by atoms with Crippen molar-refractivity contribution in [1.82, 2.24) is 15.2 Å². The second-order valence-electron chi connectivity index (χ2n) is 5.35. The summed E-state index contributed by atoms with van der Waals surface area (Å²) in [6, 6.07) is 0.111. The molecule has 1 saturated carbocycles. The third-order valence-corrected chi connectivity index (χ3v) is 4.58. The van der Waals surface area contributed by atoms with Crippen molar-refractivity contribution in [2.45, 2.75) is 45.1 Å². The fraction of sp³-hybridized carbons (Fsp3) is 0.769. The molecule has 1 aromatic rings. The average Bonchev–Trinajstić information content (AvgIpc) is 2.72. The number of aromatic nitrogens is 2. The van der Waals surface area contributed by atoms with Gasteiger partial charge in [0.25, 0.3) is 0 Å². The predicted molar refractivity (Wildman–Crippen MR) is 74.0 cm³/mol. The number of halogens is 1. The Morgan fingerprint density at radius 3 is 2.94 bits per heavy atom. The first-order chi connectivity index (χ1) is 8.67. The molecular formula is C13H23ClN4. The Bertz CT molecular complexity index is 371. The van der Waals surface area contributed by atoms with Crippen LogP contribution in [0, 0.1) is 11.8 Å². The largest absolute Gasteiger partial charge is 0.271 e. The number of nitrogens with two attached hydrogens (primary N) is 1. The van der Waals surface area contributed by atoms with Crippen LogP contribution in [0.1, 0.15) is 50.8 Å². The first-order valence-electron chi connectivity index (χ1n) is 6.80. The number of nitrogens with zero attached hydrogens (tertiary/aromatic N) is 2. The maximum Gasteiger partial charge on any atom is 0.0834 e. The Balaban J connectivity index is 2.18. The quantitative estimate of drug-likeness (QED) is 0.653. The van der Waals surface area contributed by atoms with Crippen LogP contribution in [0.4, 0.5) is 0 Å². The topological polar surface area (TPSA) is 55.9 Å². The van der Waals surface area contributed by atoms with Gasteiger partial charge in [0.15, 0.2) is 0 Å². The molecule has 1 fully saturated rings. The van der Waals surface area contributed by atoms with Crippen LogP contribution >= 0.6 is 11.6 Å². The zero-order chi connectivity index (χ0) is 13.1. The molecule has 1 aliphatic rings. The smallest absolute Gasteiger partial charge is 0.0834 e. The third kappa shape index (κ3) is 2.71. The lowest BCUT2D eigenvalue weighted by Gasteiger charge is -2.34. The number of hydrogen-bond donors (Lipinski definition) is 2. The highest BCUT2D eigenvalue weighted by Gasteiger charge is 2.31. The van der Waals surface area contributed by atoms with Gasteiger partial charge < -0.3 is 0 Å². The first-order valence-corrected chi connectivity index (χ1v) is 7.18. The van der Waals surface area contributed by atoms with E-state index in [-0.39, 0.29) is 6.04 Å². The maximum atomic E-state index is 6.23. The van der Waals surface area contributed by atoms with E-state index in [9.17, 15) is 0 Å². The van der Waals surface area contributed by atoms with E-state index in [2.05, 4.69) is 17.4 Å². The van der Waals surface area contributed by atoms with Crippen molar-refractivity contribution in [2.24, 2.45) is 24.7 Å². The Kier molecular flexibility index (Phi) is 4.65. The van der Waals surface area contributed by atoms with Gasteiger partial charge >= 0.3 is 0 Å². The van der Waals surface area contributed by atoms with Crippen molar-refractivity contribution in [2.75, 3.05) is 0 Å². The summed E-state index contributed by atoms with van der Waals surface area (Å²) in [7, 11) is 1.92. The van der Waals surface area contributed by atoms with Crippen molar-refractivity contribution in [3.63, 3.8) is 0 Å². The normalized spacial score (nSPS) is 26.2. The van der Waals surface area contributed by atoms with Gasteiger partial charge in [0, 0.05) is 7.05 Å². The number of aryl methyl sites for hydroxylation is 1. The molecule has 3 N–H and O–H groups in total. The molecule has 102 valence electrons. The molecule has 0 amide bonds. The Morgan fingerprint density at radius 1 is 1.61 bits per heavy atom. The molecule has 1 aliphatic carbocycles. The molecule has 18 heavy (non-hydrogen) atoms. The fourth-order valence-corrected chi connectivity index (χ4v) is 3.50. The third-order valence-electron chi connectivity index (χ3n) is 4.28. The minimum absolute atomic E-state index is 0.111. The summed E-state index contributed by atoms with van der Waals surface area (Å²) in [6.45, 7) is 2.27. The fourth-order valence-electron chi connectivity index (χ4n) is 3.21. The summed E-state index contributed by atoms with van der Waals surface area (Å²) < 4.78 is 1.84. The molecule has 0 saturated heterocycles. The second kappa shape index (κ2) is 6.04. The molecular weight excluding hydrogens is 248 g/mol. The van der Waals surface area contributed by atoms with Crippen molar-refractivity contribution in [1.29, 1.82) is 0 Å². The van der Waals surface area contributed by atoms with Gasteiger partial charge in [-0.1, -0.05) is 37.8 Å². The van der Waals surface area contributed by atoms with E-state index in [1.54, 1.807) is 6.20 Å². The van der Waals surface area contributed by atoms with E-state index in [0.717, 1.165) is 11.6 Å². The molecule has 0 aromatic carbocycles. The van der Waals surface area contributed by atoms with Gasteiger partial charge in [0.1, 0.15) is 0 Å². The van der Waals surface area contributed by atoms with Crippen LogP contribution in [0.25, 0.3) is 0 Å². The summed E-state index contributed by atoms with van der Waals surface area (Å²) >= 11 is 6.23. The van der Waals surface area contributed by atoms with Crippen molar-refractivity contribution < 1.29 is 0 Å². The van der Waals surface area contributed by atoms with Crippen molar-refractivity contribution in [3.8, 4) is 0 Å². The van der Waals surface area contributed by atoms with Crippen LogP contribution in [0.2, 0.25) is 5.02 Å². The van der Waals surface area contributed by atoms with Gasteiger partial charge in [-0.2, -0.15) is 5.10 Å². The SMILES string of the molecule is CCC1CCCC(C(NN)c2c(Cl)cnn2C)C1. The molecule has 1 heterocycles. The van der Waals surface area contributed by atoms with E-state index in [1.165, 1.54) is 32.1 Å². The molecule has 0 aliphatic heterocycles. The van der Waals surface area contributed by atoms with Gasteiger partial charge in [0.05, 0.1) is 23.0 Å². The maximum absolute atomic E-state index is 6.23. The number of hydrazine groups is 1. The van der Waals surface area contributed by atoms with Gasteiger partial charge in [0.2, 0.25) is 0 Å². The zero-order valence-electron chi connectivity index (χ0n) is 11.2. The van der Waals surface area contributed by atoms with Crippen LogP contribution in [0.3, 0.4) is 0 Å². The first kappa shape index (κ1) is 13.8. The lowest BCUT2D eigenvalue weighted by molar-refractivity contribution is 0.205. The van der Waals surface area contributed by atoms with Gasteiger partial charge in [-0.25, -0.2) is 0 Å². The highest BCUT2D eigenvalue weighted by Crippen LogP contribution is 2.39. The monoisotopic (exact) mass is 270 g/mol. The molecule has 0 bridgehead atoms. The Labute approximate surface area is 114 Å². The number of rotatable bonds is 4. The van der Waals surface area contributed by atoms with Crippen molar-refractivity contribution >= 4 is 11.6 Å². The van der Waals surface area contributed by atoms with Gasteiger partial charge in [-0.15, -0.1) is 0 Å². The molecule has 3 atom stereocenters. The number of nitrogens with one attached hydrogen (secondary N) is 1. The van der Waals surface area contributed by atoms with Gasteiger partial charge in [-0.3, -0.25) is 16.0 Å². The minimum Gasteiger partial charge on any atom is -0.271 e. The predicted octanol–water partition coefficient (Wildman–Crippen LogP) is 2.79. The van der Waals surface area contributed by atoms with Gasteiger partial charge in [-0.05, 0) is 24.7 Å². The highest BCUT2D eigenvalue weighted by atomic mass is 35.5. The van der Waals surface area contributed by atoms with Crippen LogP contribution in [0.15, 0.2) is 6.20 Å². The van der Waals surface area contributed by atoms with Crippen LogP contribution in [-0.2, 0) is 7.05 Å². The molecule has 4 nitrogen and oxygen atoms in total. The van der Waals surface area contributed by atoms with E-state index in [1.807, 2.05) is 11.7 Å². The lowest BCUT2D eigenvalue weighted by atomic mass is 9.76. The van der Waals surface area contributed by atoms with E-state index < -0.39 is 0 Å².